The lowest BCUT2D eigenvalue weighted by molar-refractivity contribution is 0.0483. The van der Waals surface area contributed by atoms with E-state index in [2.05, 4.69) is 10.1 Å². The van der Waals surface area contributed by atoms with Gasteiger partial charge in [0.2, 0.25) is 0 Å². The fourth-order valence-corrected chi connectivity index (χ4v) is 2.25. The molecule has 1 aromatic carbocycles. The van der Waals surface area contributed by atoms with E-state index in [-0.39, 0.29) is 6.10 Å². The molecule has 1 aliphatic rings. The zero-order valence-electron chi connectivity index (χ0n) is 10.2. The summed E-state index contributed by atoms with van der Waals surface area (Å²) in [5.41, 5.74) is 1.15. The van der Waals surface area contributed by atoms with Crippen molar-refractivity contribution in [3.63, 3.8) is 0 Å². The van der Waals surface area contributed by atoms with E-state index >= 15 is 0 Å². The number of para-hydroxylation sites is 1. The molecule has 0 spiro atoms. The SMILES string of the molecule is Cn1ncnc1CC(O)C1Cc2ccccc2O1. The molecule has 1 aromatic heterocycles. The van der Waals surface area contributed by atoms with Gasteiger partial charge in [0.25, 0.3) is 0 Å². The Kier molecular flexibility index (Phi) is 2.76. The highest BCUT2D eigenvalue weighted by molar-refractivity contribution is 5.37. The lowest BCUT2D eigenvalue weighted by atomic mass is 10.0. The number of hydrogen-bond donors (Lipinski definition) is 1. The van der Waals surface area contributed by atoms with Crippen LogP contribution in [0.4, 0.5) is 0 Å². The van der Waals surface area contributed by atoms with Crippen molar-refractivity contribution < 1.29 is 9.84 Å². The Morgan fingerprint density at radius 3 is 3.06 bits per heavy atom. The predicted molar refractivity (Wildman–Crippen MR) is 65.3 cm³/mol. The zero-order valence-corrected chi connectivity index (χ0v) is 10.2. The number of nitrogens with zero attached hydrogens (tertiary/aromatic N) is 3. The van der Waals surface area contributed by atoms with Gasteiger partial charge in [-0.15, -0.1) is 0 Å². The first-order chi connectivity index (χ1) is 8.74. The largest absolute Gasteiger partial charge is 0.487 e. The van der Waals surface area contributed by atoms with Crippen LogP contribution in [0.2, 0.25) is 0 Å². The molecule has 0 aliphatic carbocycles. The van der Waals surface area contributed by atoms with Crippen LogP contribution in [0.3, 0.4) is 0 Å². The first-order valence-corrected chi connectivity index (χ1v) is 5.99. The Morgan fingerprint density at radius 2 is 2.33 bits per heavy atom. The third kappa shape index (κ3) is 1.97. The van der Waals surface area contributed by atoms with Gasteiger partial charge in [0, 0.05) is 19.9 Å². The maximum Gasteiger partial charge on any atom is 0.138 e. The molecule has 0 saturated carbocycles. The highest BCUT2D eigenvalue weighted by atomic mass is 16.5. The number of rotatable bonds is 3. The average Bonchev–Trinajstić information content (AvgIpc) is 2.96. The molecular formula is C13H15N3O2. The van der Waals surface area contributed by atoms with Gasteiger partial charge in [-0.05, 0) is 11.6 Å². The molecule has 18 heavy (non-hydrogen) atoms. The predicted octanol–water partition coefficient (Wildman–Crippen LogP) is 0.722. The van der Waals surface area contributed by atoms with Crippen LogP contribution in [0, 0.1) is 0 Å². The number of aliphatic hydroxyl groups is 1. The molecule has 0 amide bonds. The monoisotopic (exact) mass is 245 g/mol. The molecule has 0 bridgehead atoms. The highest BCUT2D eigenvalue weighted by Gasteiger charge is 2.29. The first-order valence-electron chi connectivity index (χ1n) is 5.99. The van der Waals surface area contributed by atoms with E-state index in [0.29, 0.717) is 6.42 Å². The fraction of sp³-hybridized carbons (Fsp3) is 0.385. The molecule has 0 saturated heterocycles. The summed E-state index contributed by atoms with van der Waals surface area (Å²) in [6, 6.07) is 7.89. The molecule has 1 aliphatic heterocycles. The fourth-order valence-electron chi connectivity index (χ4n) is 2.25. The number of benzene rings is 1. The molecule has 94 valence electrons. The standard InChI is InChI=1S/C13H15N3O2/c1-16-13(14-8-15-16)7-10(17)12-6-9-4-2-3-5-11(9)18-12/h2-5,8,10,12,17H,6-7H2,1H3. The topological polar surface area (TPSA) is 60.2 Å². The van der Waals surface area contributed by atoms with Crippen molar-refractivity contribution in [1.29, 1.82) is 0 Å². The van der Waals surface area contributed by atoms with Crippen LogP contribution in [-0.4, -0.2) is 32.1 Å². The van der Waals surface area contributed by atoms with Crippen LogP contribution >= 0.6 is 0 Å². The number of aromatic nitrogens is 3. The molecular weight excluding hydrogens is 230 g/mol. The maximum absolute atomic E-state index is 10.2. The molecule has 2 aromatic rings. The summed E-state index contributed by atoms with van der Waals surface area (Å²) in [5, 5.41) is 14.2. The Balaban J connectivity index is 1.69. The van der Waals surface area contributed by atoms with Crippen molar-refractivity contribution in [2.24, 2.45) is 7.05 Å². The Labute approximate surface area is 105 Å². The number of hydrogen-bond acceptors (Lipinski definition) is 4. The molecule has 2 unspecified atom stereocenters. The van der Waals surface area contributed by atoms with Gasteiger partial charge in [-0.3, -0.25) is 4.68 Å². The first kappa shape index (κ1) is 11.2. The van der Waals surface area contributed by atoms with Crippen molar-refractivity contribution in [2.75, 3.05) is 0 Å². The molecule has 2 atom stereocenters. The molecule has 0 radical (unpaired) electrons. The van der Waals surface area contributed by atoms with Crippen molar-refractivity contribution in [3.8, 4) is 5.75 Å². The maximum atomic E-state index is 10.2. The lowest BCUT2D eigenvalue weighted by Crippen LogP contribution is -2.32. The molecule has 5 heteroatoms. The number of ether oxygens (including phenoxy) is 1. The minimum Gasteiger partial charge on any atom is -0.487 e. The summed E-state index contributed by atoms with van der Waals surface area (Å²) in [6.45, 7) is 0. The van der Waals surface area contributed by atoms with E-state index in [4.69, 9.17) is 4.74 Å². The second-order valence-corrected chi connectivity index (χ2v) is 4.54. The van der Waals surface area contributed by atoms with Gasteiger partial charge < -0.3 is 9.84 Å². The van der Waals surface area contributed by atoms with E-state index < -0.39 is 6.10 Å². The van der Waals surface area contributed by atoms with Gasteiger partial charge in [0.15, 0.2) is 0 Å². The molecule has 2 heterocycles. The third-order valence-electron chi connectivity index (χ3n) is 3.30. The van der Waals surface area contributed by atoms with Gasteiger partial charge in [-0.25, -0.2) is 4.98 Å². The Bertz CT molecular complexity index is 528. The molecule has 0 fully saturated rings. The molecule has 1 N–H and O–H groups in total. The Morgan fingerprint density at radius 1 is 1.50 bits per heavy atom. The minimum atomic E-state index is -0.569. The van der Waals surface area contributed by atoms with Crippen molar-refractivity contribution >= 4 is 0 Å². The Hall–Kier alpha value is -1.88. The van der Waals surface area contributed by atoms with Crippen LogP contribution < -0.4 is 4.74 Å². The van der Waals surface area contributed by atoms with E-state index in [1.54, 1.807) is 4.68 Å². The van der Waals surface area contributed by atoms with Crippen LogP contribution in [0.1, 0.15) is 11.4 Å². The summed E-state index contributed by atoms with van der Waals surface area (Å²) in [7, 11) is 1.82. The van der Waals surface area contributed by atoms with E-state index in [0.717, 1.165) is 23.6 Å². The zero-order chi connectivity index (χ0) is 12.5. The van der Waals surface area contributed by atoms with E-state index in [1.165, 1.54) is 6.33 Å². The summed E-state index contributed by atoms with van der Waals surface area (Å²) in [4.78, 5) is 4.11. The average molecular weight is 245 g/mol. The third-order valence-corrected chi connectivity index (χ3v) is 3.30. The van der Waals surface area contributed by atoms with Gasteiger partial charge >= 0.3 is 0 Å². The second-order valence-electron chi connectivity index (χ2n) is 4.54. The number of aryl methyl sites for hydroxylation is 1. The quantitative estimate of drug-likeness (QED) is 0.865. The van der Waals surface area contributed by atoms with Crippen LogP contribution in [0.15, 0.2) is 30.6 Å². The second kappa shape index (κ2) is 4.42. The van der Waals surface area contributed by atoms with Gasteiger partial charge in [0.1, 0.15) is 24.0 Å². The van der Waals surface area contributed by atoms with Crippen molar-refractivity contribution in [2.45, 2.75) is 25.0 Å². The van der Waals surface area contributed by atoms with Crippen LogP contribution in [0.25, 0.3) is 0 Å². The summed E-state index contributed by atoms with van der Waals surface area (Å²) in [6.07, 6.45) is 1.93. The number of aliphatic hydroxyl groups excluding tert-OH is 1. The van der Waals surface area contributed by atoms with Gasteiger partial charge in [0.05, 0.1) is 6.10 Å². The molecule has 5 nitrogen and oxygen atoms in total. The van der Waals surface area contributed by atoms with Gasteiger partial charge in [-0.2, -0.15) is 5.10 Å². The van der Waals surface area contributed by atoms with Gasteiger partial charge in [-0.1, -0.05) is 18.2 Å². The normalized spacial score (nSPS) is 19.3. The van der Waals surface area contributed by atoms with E-state index in [9.17, 15) is 5.11 Å². The highest BCUT2D eigenvalue weighted by Crippen LogP contribution is 2.29. The van der Waals surface area contributed by atoms with Crippen LogP contribution in [-0.2, 0) is 19.9 Å². The van der Waals surface area contributed by atoms with Crippen molar-refractivity contribution in [1.82, 2.24) is 14.8 Å². The van der Waals surface area contributed by atoms with E-state index in [1.807, 2.05) is 31.3 Å². The smallest absolute Gasteiger partial charge is 0.138 e. The summed E-state index contributed by atoms with van der Waals surface area (Å²) in [5.74, 6) is 1.64. The summed E-state index contributed by atoms with van der Waals surface area (Å²) >= 11 is 0. The summed E-state index contributed by atoms with van der Waals surface area (Å²) < 4.78 is 7.42. The van der Waals surface area contributed by atoms with Crippen molar-refractivity contribution in [3.05, 3.63) is 42.0 Å². The minimum absolute atomic E-state index is 0.195. The van der Waals surface area contributed by atoms with Crippen LogP contribution in [0.5, 0.6) is 5.75 Å². The number of fused-ring (bicyclic) bond motifs is 1. The lowest BCUT2D eigenvalue weighted by Gasteiger charge is -2.17. The molecule has 3 rings (SSSR count).